The van der Waals surface area contributed by atoms with Gasteiger partial charge in [0.05, 0.1) is 6.10 Å². The summed E-state index contributed by atoms with van der Waals surface area (Å²) >= 11 is 0. The summed E-state index contributed by atoms with van der Waals surface area (Å²) in [7, 11) is 0. The Morgan fingerprint density at radius 1 is 1.31 bits per heavy atom. The Kier molecular flexibility index (Phi) is 7.87. The highest BCUT2D eigenvalue weighted by Crippen LogP contribution is 2.35. The molecule has 1 heterocycles. The number of aromatic amines is 1. The van der Waals surface area contributed by atoms with Gasteiger partial charge < -0.3 is 5.11 Å². The average molecular weight is 395 g/mol. The summed E-state index contributed by atoms with van der Waals surface area (Å²) in [6, 6.07) is 8.06. The van der Waals surface area contributed by atoms with E-state index in [2.05, 4.69) is 38.8 Å². The van der Waals surface area contributed by atoms with Gasteiger partial charge in [-0.3, -0.25) is 4.79 Å². The standard InChI is InChI=1S/C23H30N4O2/c1-17-7-6-8-18(15-17)16-20(28)13-11-19-12-14-22(29)21(19)9-4-2-3-5-10-23-24-26-27-25-23/h2,4,6-8,11,13,15,19,21-22,29H,3,5,9-10,12,14,16H2,1H3,(H,24,25,26,27)/b4-2-,13-11?/t19-,21+,22-/m0/s1. The number of ketones is 1. The Hall–Kier alpha value is -2.60. The molecule has 0 spiro atoms. The van der Waals surface area contributed by atoms with Gasteiger partial charge in [0.1, 0.15) is 5.82 Å². The average Bonchev–Trinajstić information content (AvgIpc) is 3.33. The molecule has 6 heteroatoms. The minimum atomic E-state index is -0.290. The number of tetrazole rings is 1. The van der Waals surface area contributed by atoms with E-state index in [1.54, 1.807) is 6.08 Å². The largest absolute Gasteiger partial charge is 0.393 e. The van der Waals surface area contributed by atoms with Crippen molar-refractivity contribution in [3.63, 3.8) is 0 Å². The molecule has 0 radical (unpaired) electrons. The van der Waals surface area contributed by atoms with Gasteiger partial charge in [0.25, 0.3) is 0 Å². The lowest BCUT2D eigenvalue weighted by Gasteiger charge is -2.17. The number of H-pyrrole nitrogens is 1. The van der Waals surface area contributed by atoms with Crippen molar-refractivity contribution in [3.05, 3.63) is 65.5 Å². The van der Waals surface area contributed by atoms with E-state index in [0.717, 1.165) is 49.9 Å². The Labute approximate surface area is 172 Å². The normalized spacial score (nSPS) is 22.1. The van der Waals surface area contributed by atoms with Crippen LogP contribution >= 0.6 is 0 Å². The van der Waals surface area contributed by atoms with E-state index in [9.17, 15) is 9.90 Å². The number of aryl methyl sites for hydroxylation is 2. The van der Waals surface area contributed by atoms with E-state index in [0.29, 0.717) is 6.42 Å². The molecule has 2 aromatic rings. The van der Waals surface area contributed by atoms with E-state index < -0.39 is 0 Å². The lowest BCUT2D eigenvalue weighted by atomic mass is 9.90. The minimum absolute atomic E-state index is 0.119. The van der Waals surface area contributed by atoms with E-state index in [4.69, 9.17) is 0 Å². The van der Waals surface area contributed by atoms with Crippen LogP contribution in [-0.2, 0) is 17.6 Å². The summed E-state index contributed by atoms with van der Waals surface area (Å²) in [6.07, 6.45) is 13.5. The number of carbonyl (C=O) groups excluding carboxylic acids is 1. The number of carbonyl (C=O) groups is 1. The Morgan fingerprint density at radius 3 is 3.00 bits per heavy atom. The van der Waals surface area contributed by atoms with Gasteiger partial charge in [0.15, 0.2) is 5.78 Å². The number of aliphatic hydroxyl groups is 1. The van der Waals surface area contributed by atoms with Crippen LogP contribution in [0.2, 0.25) is 0 Å². The molecule has 29 heavy (non-hydrogen) atoms. The van der Waals surface area contributed by atoms with E-state index in [-0.39, 0.29) is 23.7 Å². The van der Waals surface area contributed by atoms with Gasteiger partial charge in [-0.25, -0.2) is 5.10 Å². The predicted octanol–water partition coefficient (Wildman–Crippen LogP) is 3.53. The number of aliphatic hydroxyl groups excluding tert-OH is 1. The third kappa shape index (κ3) is 6.75. The highest BCUT2D eigenvalue weighted by molar-refractivity contribution is 5.91. The first-order valence-corrected chi connectivity index (χ1v) is 10.4. The van der Waals surface area contributed by atoms with Crippen molar-refractivity contribution >= 4 is 5.78 Å². The van der Waals surface area contributed by atoms with Gasteiger partial charge in [0.2, 0.25) is 0 Å². The fraction of sp³-hybridized carbons (Fsp3) is 0.478. The van der Waals surface area contributed by atoms with Crippen LogP contribution < -0.4 is 0 Å². The molecule has 3 atom stereocenters. The monoisotopic (exact) mass is 394 g/mol. The molecule has 0 aliphatic heterocycles. The molecule has 0 bridgehead atoms. The van der Waals surface area contributed by atoms with Crippen molar-refractivity contribution in [3.8, 4) is 0 Å². The molecule has 2 N–H and O–H groups in total. The van der Waals surface area contributed by atoms with Crippen LogP contribution in [0.15, 0.2) is 48.6 Å². The molecule has 1 fully saturated rings. The predicted molar refractivity (Wildman–Crippen MR) is 112 cm³/mol. The maximum absolute atomic E-state index is 12.3. The summed E-state index contributed by atoms with van der Waals surface area (Å²) in [5.74, 6) is 1.38. The zero-order valence-electron chi connectivity index (χ0n) is 17.0. The lowest BCUT2D eigenvalue weighted by Crippen LogP contribution is -2.17. The first kappa shape index (κ1) is 21.1. The van der Waals surface area contributed by atoms with Gasteiger partial charge in [-0.2, -0.15) is 0 Å². The van der Waals surface area contributed by atoms with Crippen LogP contribution in [0.1, 0.15) is 49.1 Å². The van der Waals surface area contributed by atoms with Crippen molar-refractivity contribution < 1.29 is 9.90 Å². The fourth-order valence-electron chi connectivity index (χ4n) is 4.00. The van der Waals surface area contributed by atoms with Gasteiger partial charge in [-0.1, -0.05) is 48.1 Å². The number of benzene rings is 1. The Morgan fingerprint density at radius 2 is 2.21 bits per heavy atom. The molecule has 6 nitrogen and oxygen atoms in total. The molecule has 154 valence electrons. The quantitative estimate of drug-likeness (QED) is 0.365. The van der Waals surface area contributed by atoms with E-state index >= 15 is 0 Å². The molecule has 1 aliphatic rings. The number of rotatable bonds is 10. The van der Waals surface area contributed by atoms with Gasteiger partial charge >= 0.3 is 0 Å². The number of hydrogen-bond acceptors (Lipinski definition) is 5. The Bertz CT molecular complexity index is 829. The number of nitrogens with one attached hydrogen (secondary N) is 1. The van der Waals surface area contributed by atoms with Crippen molar-refractivity contribution in [2.45, 2.75) is 58.0 Å². The zero-order chi connectivity index (χ0) is 20.5. The molecular formula is C23H30N4O2. The van der Waals surface area contributed by atoms with Crippen LogP contribution in [0, 0.1) is 18.8 Å². The van der Waals surface area contributed by atoms with Crippen LogP contribution in [0.5, 0.6) is 0 Å². The van der Waals surface area contributed by atoms with Crippen LogP contribution in [-0.4, -0.2) is 37.6 Å². The highest BCUT2D eigenvalue weighted by atomic mass is 16.3. The topological polar surface area (TPSA) is 91.8 Å². The third-order valence-electron chi connectivity index (χ3n) is 5.58. The molecule has 1 aromatic heterocycles. The molecule has 1 aliphatic carbocycles. The number of nitrogens with zero attached hydrogens (tertiary/aromatic N) is 3. The molecule has 0 saturated heterocycles. The molecule has 1 saturated carbocycles. The van der Waals surface area contributed by atoms with Crippen molar-refractivity contribution in [1.29, 1.82) is 0 Å². The maximum atomic E-state index is 12.3. The number of allylic oxidation sites excluding steroid dienone is 4. The smallest absolute Gasteiger partial charge is 0.159 e. The molecule has 0 unspecified atom stereocenters. The van der Waals surface area contributed by atoms with Crippen LogP contribution in [0.3, 0.4) is 0 Å². The second kappa shape index (κ2) is 10.8. The van der Waals surface area contributed by atoms with Gasteiger partial charge in [-0.15, -0.1) is 5.10 Å². The third-order valence-corrected chi connectivity index (χ3v) is 5.58. The Balaban J connectivity index is 1.43. The fourth-order valence-corrected chi connectivity index (χ4v) is 4.00. The van der Waals surface area contributed by atoms with Crippen molar-refractivity contribution in [2.24, 2.45) is 11.8 Å². The molecule has 3 rings (SSSR count). The summed E-state index contributed by atoms with van der Waals surface area (Å²) in [4.78, 5) is 12.3. The van der Waals surface area contributed by atoms with Gasteiger partial charge in [0, 0.05) is 12.8 Å². The minimum Gasteiger partial charge on any atom is -0.393 e. The summed E-state index contributed by atoms with van der Waals surface area (Å²) < 4.78 is 0. The summed E-state index contributed by atoms with van der Waals surface area (Å²) in [6.45, 7) is 2.03. The second-order valence-corrected chi connectivity index (χ2v) is 7.91. The highest BCUT2D eigenvalue weighted by Gasteiger charge is 2.32. The SMILES string of the molecule is Cc1cccc(CC(=O)C=C[C@H]2CC[C@H](O)[C@@H]2C/C=C\CCCc2nnn[nH]2)c1. The van der Waals surface area contributed by atoms with Crippen molar-refractivity contribution in [2.75, 3.05) is 0 Å². The van der Waals surface area contributed by atoms with Crippen molar-refractivity contribution in [1.82, 2.24) is 20.6 Å². The van der Waals surface area contributed by atoms with E-state index in [1.165, 1.54) is 5.56 Å². The number of hydrogen-bond donors (Lipinski definition) is 2. The van der Waals surface area contributed by atoms with Crippen LogP contribution in [0.25, 0.3) is 0 Å². The summed E-state index contributed by atoms with van der Waals surface area (Å²) in [5.41, 5.74) is 2.22. The molecular weight excluding hydrogens is 364 g/mol. The van der Waals surface area contributed by atoms with Gasteiger partial charge in [-0.05, 0) is 72.9 Å². The lowest BCUT2D eigenvalue weighted by molar-refractivity contribution is -0.114. The molecule has 1 aromatic carbocycles. The van der Waals surface area contributed by atoms with E-state index in [1.807, 2.05) is 31.2 Å². The number of aromatic nitrogens is 4. The first-order valence-electron chi connectivity index (χ1n) is 10.4. The summed E-state index contributed by atoms with van der Waals surface area (Å²) in [5, 5.41) is 24.1. The molecule has 0 amide bonds. The zero-order valence-corrected chi connectivity index (χ0v) is 17.0. The second-order valence-electron chi connectivity index (χ2n) is 7.91. The number of unbranched alkanes of at least 4 members (excludes halogenated alkanes) is 1. The maximum Gasteiger partial charge on any atom is 0.159 e. The van der Waals surface area contributed by atoms with Crippen LogP contribution in [0.4, 0.5) is 0 Å². The first-order chi connectivity index (χ1) is 14.1.